The lowest BCUT2D eigenvalue weighted by atomic mass is 9.89. The fraction of sp³-hybridized carbons (Fsp3) is 0.500. The quantitative estimate of drug-likeness (QED) is 0.785. The number of furan rings is 1. The Labute approximate surface area is 105 Å². The highest BCUT2D eigenvalue weighted by Crippen LogP contribution is 2.31. The lowest BCUT2D eigenvalue weighted by Crippen LogP contribution is -2.70. The summed E-state index contributed by atoms with van der Waals surface area (Å²) >= 11 is 0. The number of rotatable bonds is 1. The van der Waals surface area contributed by atoms with Crippen LogP contribution in [0.25, 0.3) is 0 Å². The maximum atomic E-state index is 12.1. The number of nitrogens with zero attached hydrogens (tertiary/aromatic N) is 2. The van der Waals surface area contributed by atoms with Crippen LogP contribution in [0.1, 0.15) is 16.1 Å². The van der Waals surface area contributed by atoms with Crippen molar-refractivity contribution in [3.63, 3.8) is 0 Å². The lowest BCUT2D eigenvalue weighted by molar-refractivity contribution is 0.00557. The minimum absolute atomic E-state index is 0.0729. The van der Waals surface area contributed by atoms with Crippen molar-refractivity contribution >= 4 is 11.9 Å². The number of likely N-dealkylation sites (N-methyl/N-ethyl adjacent to an activating group) is 1. The Balaban J connectivity index is 1.71. The Morgan fingerprint density at radius 3 is 2.72 bits per heavy atom. The third-order valence-corrected chi connectivity index (χ3v) is 3.90. The second-order valence-corrected chi connectivity index (χ2v) is 5.04. The highest BCUT2D eigenvalue weighted by Gasteiger charge is 2.53. The lowest BCUT2D eigenvalue weighted by Gasteiger charge is -2.50. The number of hydrogen-bond acceptors (Lipinski definition) is 3. The molecule has 18 heavy (non-hydrogen) atoms. The predicted molar refractivity (Wildman–Crippen MR) is 63.2 cm³/mol. The second kappa shape index (κ2) is 3.51. The molecule has 1 N–H and O–H groups in total. The van der Waals surface area contributed by atoms with Gasteiger partial charge < -0.3 is 19.5 Å². The van der Waals surface area contributed by atoms with Crippen LogP contribution in [-0.4, -0.2) is 54.0 Å². The summed E-state index contributed by atoms with van der Waals surface area (Å²) in [5.41, 5.74) is 0.614. The van der Waals surface area contributed by atoms with Crippen molar-refractivity contribution in [2.45, 2.75) is 12.5 Å². The van der Waals surface area contributed by atoms with Gasteiger partial charge in [-0.15, -0.1) is 0 Å². The van der Waals surface area contributed by atoms with E-state index in [4.69, 9.17) is 4.42 Å². The molecule has 96 valence electrons. The molecule has 0 bridgehead atoms. The van der Waals surface area contributed by atoms with Crippen molar-refractivity contribution in [2.24, 2.45) is 0 Å². The van der Waals surface area contributed by atoms with E-state index in [9.17, 15) is 9.59 Å². The summed E-state index contributed by atoms with van der Waals surface area (Å²) in [6.07, 6.45) is 1.52. The number of carbonyl (C=O) groups is 2. The van der Waals surface area contributed by atoms with Crippen LogP contribution in [0.4, 0.5) is 4.79 Å². The summed E-state index contributed by atoms with van der Waals surface area (Å²) in [5.74, 6) is 0.292. The van der Waals surface area contributed by atoms with E-state index in [1.54, 1.807) is 22.9 Å². The molecule has 6 nitrogen and oxygen atoms in total. The summed E-state index contributed by atoms with van der Waals surface area (Å²) < 4.78 is 5.19. The fourth-order valence-electron chi connectivity index (χ4n) is 2.56. The minimum atomic E-state index is -0.229. The van der Waals surface area contributed by atoms with E-state index in [-0.39, 0.29) is 17.5 Å². The van der Waals surface area contributed by atoms with E-state index in [0.29, 0.717) is 25.4 Å². The third kappa shape index (κ3) is 1.35. The largest absolute Gasteiger partial charge is 0.459 e. The first-order valence-electron chi connectivity index (χ1n) is 5.88. The molecule has 0 saturated carbocycles. The fourth-order valence-corrected chi connectivity index (χ4v) is 2.56. The molecule has 2 aliphatic rings. The van der Waals surface area contributed by atoms with Crippen molar-refractivity contribution < 1.29 is 14.0 Å². The zero-order valence-electron chi connectivity index (χ0n) is 10.4. The number of nitrogens with one attached hydrogen (secondary N) is 1. The van der Waals surface area contributed by atoms with Crippen LogP contribution in [-0.2, 0) is 0 Å². The van der Waals surface area contributed by atoms with E-state index >= 15 is 0 Å². The minimum Gasteiger partial charge on any atom is -0.459 e. The van der Waals surface area contributed by atoms with Gasteiger partial charge in [0.2, 0.25) is 0 Å². The topological polar surface area (TPSA) is 65.8 Å². The molecule has 2 saturated heterocycles. The van der Waals surface area contributed by atoms with Gasteiger partial charge in [0, 0.05) is 32.2 Å². The van der Waals surface area contributed by atoms with Crippen LogP contribution in [0.15, 0.2) is 16.7 Å². The number of aryl methyl sites for hydroxylation is 1. The van der Waals surface area contributed by atoms with Gasteiger partial charge in [-0.2, -0.15) is 0 Å². The Kier molecular flexibility index (Phi) is 2.17. The van der Waals surface area contributed by atoms with E-state index < -0.39 is 0 Å². The Hall–Kier alpha value is -1.98. The smallest absolute Gasteiger partial charge is 0.317 e. The van der Waals surface area contributed by atoms with Crippen LogP contribution in [0.3, 0.4) is 0 Å². The number of likely N-dealkylation sites (tertiary alicyclic amines) is 1. The first-order valence-corrected chi connectivity index (χ1v) is 5.88. The van der Waals surface area contributed by atoms with Gasteiger partial charge in [0.25, 0.3) is 5.91 Å². The number of amides is 3. The van der Waals surface area contributed by atoms with E-state index in [2.05, 4.69) is 5.32 Å². The van der Waals surface area contributed by atoms with Crippen LogP contribution in [0, 0.1) is 6.92 Å². The molecule has 2 aliphatic heterocycles. The van der Waals surface area contributed by atoms with E-state index in [1.807, 2.05) is 6.92 Å². The molecule has 3 rings (SSSR count). The molecule has 3 amide bonds. The third-order valence-electron chi connectivity index (χ3n) is 3.90. The summed E-state index contributed by atoms with van der Waals surface area (Å²) in [6.45, 7) is 3.56. The summed E-state index contributed by atoms with van der Waals surface area (Å²) in [5, 5.41) is 2.79. The maximum absolute atomic E-state index is 12.1. The molecular formula is C12H15N3O3. The Morgan fingerprint density at radius 1 is 1.50 bits per heavy atom. The highest BCUT2D eigenvalue weighted by atomic mass is 16.3. The molecule has 1 aromatic heterocycles. The van der Waals surface area contributed by atoms with Crippen LogP contribution in [0.5, 0.6) is 0 Å². The van der Waals surface area contributed by atoms with E-state index in [0.717, 1.165) is 5.56 Å². The molecular weight excluding hydrogens is 234 g/mol. The second-order valence-electron chi connectivity index (χ2n) is 5.04. The maximum Gasteiger partial charge on any atom is 0.317 e. The standard InChI is InChI=1S/C12H15N3O3/c1-8-3-4-18-9(8)10(16)15-6-12(7-15)5-13-11(17)14(12)2/h3-4H,5-7H2,1-2H3,(H,13,17). The normalized spacial score (nSPS) is 21.1. The van der Waals surface area contributed by atoms with Crippen LogP contribution >= 0.6 is 0 Å². The molecule has 0 unspecified atom stereocenters. The van der Waals surface area contributed by atoms with Crippen molar-refractivity contribution in [3.8, 4) is 0 Å². The Morgan fingerprint density at radius 2 is 2.22 bits per heavy atom. The molecule has 3 heterocycles. The zero-order valence-corrected chi connectivity index (χ0v) is 10.4. The molecule has 0 aromatic carbocycles. The molecule has 2 fully saturated rings. The van der Waals surface area contributed by atoms with Crippen molar-refractivity contribution in [2.75, 3.05) is 26.7 Å². The molecule has 1 aromatic rings. The van der Waals surface area contributed by atoms with Gasteiger partial charge in [0.15, 0.2) is 5.76 Å². The first kappa shape index (κ1) is 11.1. The molecule has 6 heteroatoms. The van der Waals surface area contributed by atoms with Crippen molar-refractivity contribution in [1.29, 1.82) is 0 Å². The zero-order chi connectivity index (χ0) is 12.9. The average molecular weight is 249 g/mol. The summed E-state index contributed by atoms with van der Waals surface area (Å²) in [6, 6.07) is 1.70. The van der Waals surface area contributed by atoms with Gasteiger partial charge in [-0.25, -0.2) is 4.79 Å². The predicted octanol–water partition coefficient (Wildman–Crippen LogP) is 0.438. The van der Waals surface area contributed by atoms with E-state index in [1.165, 1.54) is 6.26 Å². The van der Waals surface area contributed by atoms with Gasteiger partial charge >= 0.3 is 6.03 Å². The number of hydrogen-bond donors (Lipinski definition) is 1. The van der Waals surface area contributed by atoms with Gasteiger partial charge in [0.05, 0.1) is 11.8 Å². The van der Waals surface area contributed by atoms with Gasteiger partial charge in [0.1, 0.15) is 0 Å². The molecule has 0 aliphatic carbocycles. The molecule has 1 spiro atoms. The summed E-state index contributed by atoms with van der Waals surface area (Å²) in [4.78, 5) is 27.0. The summed E-state index contributed by atoms with van der Waals surface area (Å²) in [7, 11) is 1.77. The molecule has 0 atom stereocenters. The number of carbonyl (C=O) groups excluding carboxylic acids is 2. The van der Waals surface area contributed by atoms with Crippen LogP contribution in [0.2, 0.25) is 0 Å². The average Bonchev–Trinajstić information content (AvgIpc) is 2.83. The van der Waals surface area contributed by atoms with Gasteiger partial charge in [-0.05, 0) is 13.0 Å². The van der Waals surface area contributed by atoms with Crippen LogP contribution < -0.4 is 5.32 Å². The van der Waals surface area contributed by atoms with Gasteiger partial charge in [-0.3, -0.25) is 4.79 Å². The molecule has 0 radical (unpaired) electrons. The van der Waals surface area contributed by atoms with Crippen molar-refractivity contribution in [1.82, 2.24) is 15.1 Å². The Bertz CT molecular complexity index is 516. The highest BCUT2D eigenvalue weighted by molar-refractivity contribution is 5.94. The SMILES string of the molecule is Cc1ccoc1C(=O)N1CC2(CNC(=O)N2C)C1. The first-order chi connectivity index (χ1) is 8.53. The van der Waals surface area contributed by atoms with Crippen molar-refractivity contribution in [3.05, 3.63) is 23.7 Å². The van der Waals surface area contributed by atoms with Gasteiger partial charge in [-0.1, -0.05) is 0 Å². The monoisotopic (exact) mass is 249 g/mol. The number of urea groups is 1.